The van der Waals surface area contributed by atoms with Crippen LogP contribution in [0.3, 0.4) is 0 Å². The maximum absolute atomic E-state index is 14.7. The molecule has 0 spiro atoms. The Balaban J connectivity index is 1.30. The Morgan fingerprint density at radius 3 is 2.84 bits per heavy atom. The molecule has 3 atom stereocenters. The van der Waals surface area contributed by atoms with Crippen LogP contribution in [0.1, 0.15) is 36.9 Å². The van der Waals surface area contributed by atoms with Gasteiger partial charge in [0, 0.05) is 0 Å². The van der Waals surface area contributed by atoms with Gasteiger partial charge in [-0.05, 0) is 0 Å². The van der Waals surface area contributed by atoms with E-state index in [0.29, 0.717) is 39.8 Å². The molecule has 0 amide bonds. The van der Waals surface area contributed by atoms with Crippen LogP contribution in [0, 0.1) is 11.6 Å². The van der Waals surface area contributed by atoms with Crippen LogP contribution >= 0.6 is 0 Å². The number of aromatic nitrogens is 3. The second-order valence-corrected chi connectivity index (χ2v) is 15.0. The van der Waals surface area contributed by atoms with Crippen LogP contribution < -0.4 is 46.7 Å². The summed E-state index contributed by atoms with van der Waals surface area (Å²) in [7, 11) is 1.60. The second kappa shape index (κ2) is 11.4. The quantitative estimate of drug-likeness (QED) is 0.225. The van der Waals surface area contributed by atoms with Crippen molar-refractivity contribution in [2.24, 2.45) is 0 Å². The van der Waals surface area contributed by atoms with Gasteiger partial charge in [-0.25, -0.2) is 0 Å². The molecule has 2 saturated heterocycles. The predicted molar refractivity (Wildman–Crippen MR) is 160 cm³/mol. The molecule has 9 nitrogen and oxygen atoms in total. The van der Waals surface area contributed by atoms with E-state index in [0.717, 1.165) is 47.7 Å². The third kappa shape index (κ3) is 4.95. The molecule has 1 aromatic carbocycles. The molecule has 4 aromatic rings. The number of fused-ring (bicyclic) bond motifs is 1. The summed E-state index contributed by atoms with van der Waals surface area (Å²) in [6.07, 6.45) is 7.41. The summed E-state index contributed by atoms with van der Waals surface area (Å²) < 4.78 is 43.9. The summed E-state index contributed by atoms with van der Waals surface area (Å²) >= 11 is -0.0722. The van der Waals surface area contributed by atoms with Gasteiger partial charge in [0.2, 0.25) is 0 Å². The number of hydrogen-bond donors (Lipinski definition) is 1. The number of halogens is 3. The first kappa shape index (κ1) is 29.2. The van der Waals surface area contributed by atoms with Gasteiger partial charge >= 0.3 is 265 Å². The van der Waals surface area contributed by atoms with Crippen LogP contribution in [0.5, 0.6) is 11.6 Å². The molecule has 2 fully saturated rings. The molecule has 44 heavy (non-hydrogen) atoms. The van der Waals surface area contributed by atoms with E-state index in [4.69, 9.17) is 15.2 Å². The number of nitrogens with two attached hydrogens (primary N) is 1. The Morgan fingerprint density at radius 1 is 1.23 bits per heavy atom. The first-order chi connectivity index (χ1) is 21.3. The van der Waals surface area contributed by atoms with E-state index in [1.54, 1.807) is 13.3 Å². The fourth-order valence-corrected chi connectivity index (χ4v) is 11.2. The van der Waals surface area contributed by atoms with Gasteiger partial charge in [-0.15, -0.1) is 0 Å². The Kier molecular flexibility index (Phi) is 7.59. The van der Waals surface area contributed by atoms with E-state index >= 15 is 0 Å². The molecule has 3 aromatic heterocycles. The van der Waals surface area contributed by atoms with Crippen LogP contribution in [-0.2, 0) is 13.1 Å². The molecule has 0 aliphatic carbocycles. The van der Waals surface area contributed by atoms with Gasteiger partial charge in [0.15, 0.2) is 0 Å². The first-order valence-electron chi connectivity index (χ1n) is 14.7. The van der Waals surface area contributed by atoms with Gasteiger partial charge in [-0.2, -0.15) is 0 Å². The zero-order valence-corrected chi connectivity index (χ0v) is 26.8. The number of benzene rings is 1. The third-order valence-electron chi connectivity index (χ3n) is 9.19. The molecule has 2 unspecified atom stereocenters. The number of hydrogen-bond acceptors (Lipinski definition) is 8. The summed E-state index contributed by atoms with van der Waals surface area (Å²) in [5.41, 5.74) is 8.46. The molecule has 2 N–H and O–H groups in total. The number of pyridine rings is 3. The number of methoxy groups -OCH3 is 1. The molecular formula is C32H34F2IN6O3-. The number of nitrogen functional groups attached to an aromatic ring is 1. The first-order valence-corrected chi connectivity index (χ1v) is 17.5. The van der Waals surface area contributed by atoms with Crippen LogP contribution in [0.2, 0.25) is 0 Å². The van der Waals surface area contributed by atoms with Crippen molar-refractivity contribution in [2.75, 3.05) is 41.9 Å². The minimum atomic E-state index is -1.08. The normalized spacial score (nSPS) is 22.9. The summed E-state index contributed by atoms with van der Waals surface area (Å²) in [6.45, 7) is 4.96. The molecule has 0 bridgehead atoms. The fourth-order valence-electron chi connectivity index (χ4n) is 6.75. The molecular weight excluding hydrogens is 681 g/mol. The molecule has 3 aliphatic rings. The van der Waals surface area contributed by atoms with Crippen molar-refractivity contribution in [2.45, 2.75) is 48.4 Å². The van der Waals surface area contributed by atoms with Gasteiger partial charge in [-0.3, -0.25) is 0 Å². The summed E-state index contributed by atoms with van der Waals surface area (Å²) in [5, 5.41) is 0.145. The molecule has 12 heteroatoms. The average molecular weight is 716 g/mol. The van der Waals surface area contributed by atoms with Crippen molar-refractivity contribution in [3.05, 3.63) is 81.9 Å². The summed E-state index contributed by atoms with van der Waals surface area (Å²) in [6, 6.07) is 8.69. The fraction of sp³-hybridized carbons (Fsp3) is 0.406. The van der Waals surface area contributed by atoms with Crippen LogP contribution in [0.25, 0.3) is 10.9 Å². The Morgan fingerprint density at radius 2 is 2.09 bits per heavy atom. The van der Waals surface area contributed by atoms with Gasteiger partial charge in [-0.1, -0.05) is 0 Å². The zero-order chi connectivity index (χ0) is 30.6. The Labute approximate surface area is 264 Å². The zero-order valence-electron chi connectivity index (χ0n) is 24.6. The van der Waals surface area contributed by atoms with E-state index in [-0.39, 0.29) is 56.0 Å². The van der Waals surface area contributed by atoms with Gasteiger partial charge < -0.3 is 0 Å². The molecule has 0 radical (unpaired) electrons. The molecule has 6 heterocycles. The Hall–Kier alpha value is -3.52. The number of ether oxygens (including phenoxy) is 2. The van der Waals surface area contributed by atoms with Crippen molar-refractivity contribution in [3.63, 3.8) is 0 Å². The van der Waals surface area contributed by atoms with Crippen molar-refractivity contribution in [3.8, 4) is 11.6 Å². The number of alkyl halides is 2. The van der Waals surface area contributed by atoms with Crippen molar-refractivity contribution in [1.29, 1.82) is 0 Å². The summed E-state index contributed by atoms with van der Waals surface area (Å²) in [4.78, 5) is 27.5. The van der Waals surface area contributed by atoms with Crippen LogP contribution in [0.4, 0.5) is 20.3 Å². The van der Waals surface area contributed by atoms with Gasteiger partial charge in [0.05, 0.1) is 0 Å². The molecule has 232 valence electrons. The van der Waals surface area contributed by atoms with Crippen molar-refractivity contribution in [1.82, 2.24) is 19.4 Å². The minimum absolute atomic E-state index is 0.0722. The van der Waals surface area contributed by atoms with E-state index in [9.17, 15) is 13.6 Å². The predicted octanol–water partition coefficient (Wildman–Crippen LogP) is 1.13. The number of nitrogens with zero attached hydrogens (tertiary/aromatic N) is 5. The standard InChI is InChI=1S/C32H34F2IN6O3/c1-19-17-44-31-28(34)24(33)11-23-29(31)41(19)15-21(30(23)42)14-40(13-20-6-8-37-27(10-20)43-2)32-7-3-9-39(16-25(32)35-18-32)22-4-5-26(36)38-12-22/h4-6,8,10-12,15,19,25H,3,7,9,13-14,16-18H2,1-2H3,(H2,36,38)/q-1/t19?,25?,32-/m0/s1. The topological polar surface area (TPSA) is 98.7 Å². The number of rotatable bonds is 7. The van der Waals surface area contributed by atoms with Crippen molar-refractivity contribution >= 4 is 22.4 Å². The maximum atomic E-state index is 14.7. The Bertz CT molecular complexity index is 1790. The van der Waals surface area contributed by atoms with E-state index in [2.05, 4.69) is 19.8 Å². The van der Waals surface area contributed by atoms with E-state index in [1.165, 1.54) is 0 Å². The molecule has 3 aliphatic heterocycles. The van der Waals surface area contributed by atoms with Gasteiger partial charge in [0.25, 0.3) is 0 Å². The van der Waals surface area contributed by atoms with E-state index < -0.39 is 11.6 Å². The second-order valence-electron chi connectivity index (χ2n) is 11.9. The average Bonchev–Trinajstić information content (AvgIpc) is 3.14. The SMILES string of the molecule is COc1cc(CN(Cc2cn3c4c(c(F)c(F)cc4c2=O)OCC3C)[C@]23CCCN(c4ccc(N)nc4)CC2[I-]C3)ccn1. The molecule has 0 saturated carbocycles. The van der Waals surface area contributed by atoms with Gasteiger partial charge in [0.1, 0.15) is 0 Å². The number of anilines is 2. The molecule has 7 rings (SSSR count). The monoisotopic (exact) mass is 715 g/mol. The van der Waals surface area contributed by atoms with Crippen molar-refractivity contribution < 1.29 is 39.5 Å². The van der Waals surface area contributed by atoms with E-state index in [1.807, 2.05) is 48.1 Å². The van der Waals surface area contributed by atoms with Crippen LogP contribution in [0.15, 0.2) is 53.7 Å². The summed E-state index contributed by atoms with van der Waals surface area (Å²) in [5.74, 6) is -1.28. The van der Waals surface area contributed by atoms with Crippen LogP contribution in [-0.4, -0.2) is 60.1 Å². The third-order valence-corrected chi connectivity index (χ3v) is 13.6.